The van der Waals surface area contributed by atoms with Crippen LogP contribution in [0.4, 0.5) is 0 Å². The molecule has 4 rings (SSSR count). The predicted molar refractivity (Wildman–Crippen MR) is 78.1 cm³/mol. The Labute approximate surface area is 127 Å². The Morgan fingerprint density at radius 1 is 1.18 bits per heavy atom. The Kier molecular flexibility index (Phi) is 3.17. The van der Waals surface area contributed by atoms with Crippen LogP contribution in [0, 0.1) is 5.92 Å². The maximum Gasteiger partial charge on any atom is 0.292 e. The Morgan fingerprint density at radius 3 is 2.91 bits per heavy atom. The van der Waals surface area contributed by atoms with E-state index in [0.717, 1.165) is 12.1 Å². The first-order valence-electron chi connectivity index (χ1n) is 7.66. The number of rotatable bonds is 1. The molecule has 6 nitrogen and oxygen atoms in total. The fraction of sp³-hybridized carbons (Fsp3) is 0.500. The van der Waals surface area contributed by atoms with Crippen LogP contribution in [0.25, 0.3) is 0 Å². The molecule has 1 saturated heterocycles. The smallest absolute Gasteiger partial charge is 0.292 e. The lowest BCUT2D eigenvalue weighted by atomic mass is 9.83. The third-order valence-corrected chi connectivity index (χ3v) is 4.63. The number of fused-ring (bicyclic) bond motifs is 4. The summed E-state index contributed by atoms with van der Waals surface area (Å²) in [5, 5.41) is 0. The van der Waals surface area contributed by atoms with Gasteiger partial charge >= 0.3 is 0 Å². The number of carbonyl (C=O) groups excluding carboxylic acids is 1. The van der Waals surface area contributed by atoms with Crippen molar-refractivity contribution < 1.29 is 14.3 Å². The van der Waals surface area contributed by atoms with Crippen molar-refractivity contribution >= 4 is 5.91 Å². The molecule has 1 fully saturated rings. The number of nitrogens with zero attached hydrogens (tertiary/aromatic N) is 2. The van der Waals surface area contributed by atoms with E-state index in [1.165, 1.54) is 6.26 Å². The van der Waals surface area contributed by atoms with E-state index in [9.17, 15) is 9.59 Å². The number of hydrogen-bond donors (Lipinski definition) is 0. The summed E-state index contributed by atoms with van der Waals surface area (Å²) in [7, 11) is 0. The third kappa shape index (κ3) is 2.19. The highest BCUT2D eigenvalue weighted by Gasteiger charge is 2.37. The predicted octanol–water partition coefficient (Wildman–Crippen LogP) is 0.682. The van der Waals surface area contributed by atoms with Crippen LogP contribution >= 0.6 is 0 Å². The monoisotopic (exact) mass is 302 g/mol. The molecule has 2 atom stereocenters. The Morgan fingerprint density at radius 2 is 2.09 bits per heavy atom. The van der Waals surface area contributed by atoms with Crippen molar-refractivity contribution in [3.05, 3.63) is 46.3 Å². The minimum atomic E-state index is -0.110. The molecule has 1 aromatic rings. The first-order valence-corrected chi connectivity index (χ1v) is 7.66. The number of aromatic nitrogens is 1. The summed E-state index contributed by atoms with van der Waals surface area (Å²) in [6.45, 7) is 2.87. The van der Waals surface area contributed by atoms with Crippen LogP contribution in [-0.4, -0.2) is 41.7 Å². The molecule has 3 aliphatic heterocycles. The van der Waals surface area contributed by atoms with E-state index in [1.807, 2.05) is 15.5 Å². The van der Waals surface area contributed by atoms with E-state index in [-0.39, 0.29) is 23.1 Å². The molecule has 116 valence electrons. The summed E-state index contributed by atoms with van der Waals surface area (Å²) in [6, 6.07) is 5.40. The summed E-state index contributed by atoms with van der Waals surface area (Å²) >= 11 is 0. The van der Waals surface area contributed by atoms with E-state index in [2.05, 4.69) is 0 Å². The van der Waals surface area contributed by atoms with E-state index in [4.69, 9.17) is 9.47 Å². The maximum atomic E-state index is 12.5. The molecule has 22 heavy (non-hydrogen) atoms. The standard InChI is InChI=1S/C16H18N2O4/c19-15-3-1-2-13-12-6-11(8-18(13)15)7-17(9-12)16(20)14-10-21-4-5-22-14/h1-3,10-12H,4-9H2. The van der Waals surface area contributed by atoms with Crippen molar-refractivity contribution in [2.75, 3.05) is 26.3 Å². The van der Waals surface area contributed by atoms with Gasteiger partial charge in [0, 0.05) is 37.3 Å². The van der Waals surface area contributed by atoms with E-state index < -0.39 is 0 Å². The van der Waals surface area contributed by atoms with Crippen LogP contribution in [0.3, 0.4) is 0 Å². The topological polar surface area (TPSA) is 60.8 Å². The fourth-order valence-corrected chi connectivity index (χ4v) is 3.70. The SMILES string of the molecule is O=C(C1=COCCO1)N1CC2CC(C1)c1cccc(=O)n1C2. The molecule has 4 heterocycles. The first-order chi connectivity index (χ1) is 10.7. The highest BCUT2D eigenvalue weighted by Crippen LogP contribution is 2.35. The van der Waals surface area contributed by atoms with Gasteiger partial charge < -0.3 is 18.9 Å². The van der Waals surface area contributed by atoms with Crippen molar-refractivity contribution in [1.82, 2.24) is 9.47 Å². The number of amides is 1. The summed E-state index contributed by atoms with van der Waals surface area (Å²) in [6.07, 6.45) is 2.44. The van der Waals surface area contributed by atoms with Crippen LogP contribution < -0.4 is 5.56 Å². The molecule has 0 spiro atoms. The van der Waals surface area contributed by atoms with Gasteiger partial charge in [-0.3, -0.25) is 9.59 Å². The van der Waals surface area contributed by atoms with Crippen LogP contribution in [-0.2, 0) is 20.8 Å². The van der Waals surface area contributed by atoms with Crippen LogP contribution in [0.15, 0.2) is 35.0 Å². The number of hydrogen-bond acceptors (Lipinski definition) is 4. The quantitative estimate of drug-likeness (QED) is 0.765. The number of likely N-dealkylation sites (tertiary alicyclic amines) is 1. The highest BCUT2D eigenvalue weighted by molar-refractivity contribution is 5.91. The van der Waals surface area contributed by atoms with E-state index in [1.54, 1.807) is 12.1 Å². The molecule has 0 N–H and O–H groups in total. The van der Waals surface area contributed by atoms with Gasteiger partial charge in [0.05, 0.1) is 0 Å². The van der Waals surface area contributed by atoms with Gasteiger partial charge in [-0.25, -0.2) is 0 Å². The second-order valence-corrected chi connectivity index (χ2v) is 6.11. The molecule has 1 aromatic heterocycles. The van der Waals surface area contributed by atoms with E-state index >= 15 is 0 Å². The average Bonchev–Trinajstić information content (AvgIpc) is 2.56. The lowest BCUT2D eigenvalue weighted by Crippen LogP contribution is -2.49. The Bertz CT molecular complexity index is 694. The van der Waals surface area contributed by atoms with Gasteiger partial charge in [0.25, 0.3) is 11.5 Å². The van der Waals surface area contributed by atoms with Crippen LogP contribution in [0.5, 0.6) is 0 Å². The van der Waals surface area contributed by atoms with Crippen molar-refractivity contribution in [2.45, 2.75) is 18.9 Å². The van der Waals surface area contributed by atoms with Crippen molar-refractivity contribution in [2.24, 2.45) is 5.92 Å². The second-order valence-electron chi connectivity index (χ2n) is 6.11. The number of ether oxygens (including phenoxy) is 2. The summed E-state index contributed by atoms with van der Waals surface area (Å²) < 4.78 is 12.4. The lowest BCUT2D eigenvalue weighted by Gasteiger charge is -2.42. The van der Waals surface area contributed by atoms with Gasteiger partial charge in [-0.2, -0.15) is 0 Å². The summed E-state index contributed by atoms with van der Waals surface area (Å²) in [5.41, 5.74) is 1.09. The van der Waals surface area contributed by atoms with Crippen molar-refractivity contribution in [3.8, 4) is 0 Å². The molecule has 0 aliphatic carbocycles. The fourth-order valence-electron chi connectivity index (χ4n) is 3.70. The molecule has 0 saturated carbocycles. The summed E-state index contributed by atoms with van der Waals surface area (Å²) in [5.74, 6) is 0.716. The van der Waals surface area contributed by atoms with Crippen LogP contribution in [0.2, 0.25) is 0 Å². The van der Waals surface area contributed by atoms with Crippen molar-refractivity contribution in [3.63, 3.8) is 0 Å². The third-order valence-electron chi connectivity index (χ3n) is 4.63. The van der Waals surface area contributed by atoms with Gasteiger partial charge in [0.15, 0.2) is 0 Å². The molecule has 2 bridgehead atoms. The Balaban J connectivity index is 1.60. The number of carbonyl (C=O) groups is 1. The van der Waals surface area contributed by atoms with Gasteiger partial charge in [0.1, 0.15) is 19.5 Å². The zero-order chi connectivity index (χ0) is 15.1. The molecule has 2 unspecified atom stereocenters. The maximum absolute atomic E-state index is 12.5. The molecule has 0 aromatic carbocycles. The summed E-state index contributed by atoms with van der Waals surface area (Å²) in [4.78, 5) is 26.4. The zero-order valence-electron chi connectivity index (χ0n) is 12.2. The normalized spacial score (nSPS) is 26.4. The highest BCUT2D eigenvalue weighted by atomic mass is 16.6. The second kappa shape index (κ2) is 5.19. The molecular formula is C16H18N2O4. The number of piperidine rings is 1. The lowest BCUT2D eigenvalue weighted by molar-refractivity contribution is -0.135. The zero-order valence-corrected chi connectivity index (χ0v) is 12.2. The molecule has 6 heteroatoms. The van der Waals surface area contributed by atoms with Gasteiger partial charge in [-0.15, -0.1) is 0 Å². The number of pyridine rings is 1. The van der Waals surface area contributed by atoms with Crippen molar-refractivity contribution in [1.29, 1.82) is 0 Å². The average molecular weight is 302 g/mol. The molecule has 0 radical (unpaired) electrons. The van der Waals surface area contributed by atoms with Gasteiger partial charge in [0.2, 0.25) is 5.76 Å². The van der Waals surface area contributed by atoms with Gasteiger partial charge in [-0.1, -0.05) is 6.07 Å². The van der Waals surface area contributed by atoms with E-state index in [0.29, 0.717) is 38.8 Å². The Hall–Kier alpha value is -2.24. The van der Waals surface area contributed by atoms with Gasteiger partial charge in [-0.05, 0) is 18.4 Å². The first kappa shape index (κ1) is 13.4. The minimum absolute atomic E-state index is 0.0544. The minimum Gasteiger partial charge on any atom is -0.494 e. The van der Waals surface area contributed by atoms with Crippen LogP contribution in [0.1, 0.15) is 18.0 Å². The molecule has 1 amide bonds. The molecule has 3 aliphatic rings. The molecular weight excluding hydrogens is 284 g/mol. The largest absolute Gasteiger partial charge is 0.494 e.